The molecule has 1 aromatic heterocycles. The zero-order valence-electron chi connectivity index (χ0n) is 8.79. The Kier molecular flexibility index (Phi) is 4.14. The van der Waals surface area contributed by atoms with Crippen LogP contribution in [0.1, 0.15) is 19.5 Å². The predicted molar refractivity (Wildman–Crippen MR) is 59.7 cm³/mol. The van der Waals surface area contributed by atoms with E-state index in [4.69, 9.17) is 11.6 Å². The summed E-state index contributed by atoms with van der Waals surface area (Å²) in [7, 11) is 0. The third kappa shape index (κ3) is 3.14. The molecule has 3 nitrogen and oxygen atoms in total. The van der Waals surface area contributed by atoms with Crippen LogP contribution in [0.15, 0.2) is 12.4 Å². The Balaban J connectivity index is 2.50. The minimum absolute atomic E-state index is 0.122. The van der Waals surface area contributed by atoms with Gasteiger partial charge in [0.05, 0.1) is 11.1 Å². The first-order valence-corrected chi connectivity index (χ1v) is 5.20. The predicted octanol–water partition coefficient (Wildman–Crippen LogP) is 2.46. The normalized spacial score (nSPS) is 12.9. The molecule has 0 bridgehead atoms. The van der Waals surface area contributed by atoms with Crippen molar-refractivity contribution in [3.05, 3.63) is 18.1 Å². The number of rotatable bonds is 4. The Morgan fingerprint density at radius 3 is 2.57 bits per heavy atom. The molecule has 1 aromatic rings. The molecule has 0 aromatic carbocycles. The van der Waals surface area contributed by atoms with Crippen LogP contribution in [0.4, 0.5) is 5.82 Å². The lowest BCUT2D eigenvalue weighted by Crippen LogP contribution is -2.20. The third-order valence-corrected chi connectivity index (χ3v) is 2.73. The van der Waals surface area contributed by atoms with Crippen LogP contribution in [0, 0.1) is 12.8 Å². The van der Waals surface area contributed by atoms with Gasteiger partial charge in [0.2, 0.25) is 0 Å². The molecule has 0 aliphatic carbocycles. The zero-order chi connectivity index (χ0) is 10.6. The summed E-state index contributed by atoms with van der Waals surface area (Å²) in [5, 5.41) is 3.31. The average molecular weight is 214 g/mol. The molecule has 1 unspecified atom stereocenters. The second-order valence-electron chi connectivity index (χ2n) is 3.63. The molecule has 0 aliphatic heterocycles. The van der Waals surface area contributed by atoms with E-state index in [1.54, 1.807) is 12.4 Å². The first kappa shape index (κ1) is 11.2. The van der Waals surface area contributed by atoms with Crippen molar-refractivity contribution in [2.75, 3.05) is 11.9 Å². The molecular formula is C10H16ClN3. The first-order chi connectivity index (χ1) is 6.61. The summed E-state index contributed by atoms with van der Waals surface area (Å²) >= 11 is 6.11. The van der Waals surface area contributed by atoms with Crippen molar-refractivity contribution in [3.8, 4) is 0 Å². The second-order valence-corrected chi connectivity index (χ2v) is 4.19. The van der Waals surface area contributed by atoms with E-state index in [9.17, 15) is 0 Å². The molecule has 0 fully saturated rings. The maximum atomic E-state index is 6.11. The number of halogens is 1. The maximum Gasteiger partial charge on any atom is 0.147 e. The molecule has 4 heteroatoms. The van der Waals surface area contributed by atoms with E-state index in [1.165, 1.54) is 0 Å². The van der Waals surface area contributed by atoms with Crippen molar-refractivity contribution in [3.63, 3.8) is 0 Å². The fraction of sp³-hybridized carbons (Fsp3) is 0.600. The van der Waals surface area contributed by atoms with Crippen molar-refractivity contribution in [1.82, 2.24) is 9.97 Å². The highest BCUT2D eigenvalue weighted by molar-refractivity contribution is 6.21. The van der Waals surface area contributed by atoms with E-state index >= 15 is 0 Å². The van der Waals surface area contributed by atoms with Gasteiger partial charge in [-0.1, -0.05) is 13.8 Å². The summed E-state index contributed by atoms with van der Waals surface area (Å²) in [5.41, 5.74) is 0.903. The summed E-state index contributed by atoms with van der Waals surface area (Å²) in [6.45, 7) is 6.85. The van der Waals surface area contributed by atoms with Crippen LogP contribution in [0.3, 0.4) is 0 Å². The average Bonchev–Trinajstić information content (AvgIpc) is 2.16. The summed E-state index contributed by atoms with van der Waals surface area (Å²) in [6, 6.07) is 0. The number of aromatic nitrogens is 2. The van der Waals surface area contributed by atoms with Crippen molar-refractivity contribution < 1.29 is 0 Å². The van der Waals surface area contributed by atoms with Crippen molar-refractivity contribution >= 4 is 17.4 Å². The van der Waals surface area contributed by atoms with Crippen LogP contribution in [0.2, 0.25) is 0 Å². The second kappa shape index (κ2) is 5.15. The molecule has 1 N–H and O–H groups in total. The van der Waals surface area contributed by atoms with Crippen LogP contribution in [0.25, 0.3) is 0 Å². The number of alkyl halides is 1. The third-order valence-electron chi connectivity index (χ3n) is 2.07. The topological polar surface area (TPSA) is 37.8 Å². The Morgan fingerprint density at radius 2 is 2.00 bits per heavy atom. The first-order valence-electron chi connectivity index (χ1n) is 4.76. The fourth-order valence-corrected chi connectivity index (χ4v) is 1.09. The molecule has 1 atom stereocenters. The zero-order valence-corrected chi connectivity index (χ0v) is 9.54. The van der Waals surface area contributed by atoms with E-state index in [-0.39, 0.29) is 5.38 Å². The lowest BCUT2D eigenvalue weighted by Gasteiger charge is -2.14. The summed E-state index contributed by atoms with van der Waals surface area (Å²) in [6.07, 6.45) is 3.36. The number of nitrogens with one attached hydrogen (secondary N) is 1. The highest BCUT2D eigenvalue weighted by atomic mass is 35.5. The summed E-state index contributed by atoms with van der Waals surface area (Å²) in [4.78, 5) is 8.31. The van der Waals surface area contributed by atoms with Gasteiger partial charge in [0.25, 0.3) is 0 Å². The van der Waals surface area contributed by atoms with Gasteiger partial charge in [0.15, 0.2) is 0 Å². The molecule has 0 spiro atoms. The number of nitrogens with zero attached hydrogens (tertiary/aromatic N) is 2. The van der Waals surface area contributed by atoms with Gasteiger partial charge in [-0.15, -0.1) is 11.6 Å². The number of hydrogen-bond donors (Lipinski definition) is 1. The van der Waals surface area contributed by atoms with Gasteiger partial charge < -0.3 is 5.32 Å². The Bertz CT molecular complexity index is 288. The molecule has 1 rings (SSSR count). The quantitative estimate of drug-likeness (QED) is 0.781. The lowest BCUT2D eigenvalue weighted by atomic mass is 10.1. The Morgan fingerprint density at radius 1 is 1.36 bits per heavy atom. The van der Waals surface area contributed by atoms with Crippen LogP contribution < -0.4 is 5.32 Å². The molecule has 14 heavy (non-hydrogen) atoms. The molecule has 78 valence electrons. The van der Waals surface area contributed by atoms with Crippen LogP contribution in [-0.4, -0.2) is 21.9 Å². The lowest BCUT2D eigenvalue weighted by molar-refractivity contribution is 0.615. The standard InChI is InChI=1S/C10H16ClN3/c1-7(2)9(11)6-14-10-8(3)12-4-5-13-10/h4-5,7,9H,6H2,1-3H3,(H,13,14). The largest absolute Gasteiger partial charge is 0.367 e. The Hall–Kier alpha value is -0.830. The van der Waals surface area contributed by atoms with Gasteiger partial charge in [0.1, 0.15) is 5.82 Å². The van der Waals surface area contributed by atoms with Gasteiger partial charge in [-0.25, -0.2) is 4.98 Å². The number of anilines is 1. The van der Waals surface area contributed by atoms with Crippen molar-refractivity contribution in [2.45, 2.75) is 26.1 Å². The highest BCUT2D eigenvalue weighted by Gasteiger charge is 2.09. The summed E-state index contributed by atoms with van der Waals surface area (Å²) < 4.78 is 0. The summed E-state index contributed by atoms with van der Waals surface area (Å²) in [5.74, 6) is 1.28. The van der Waals surface area contributed by atoms with Gasteiger partial charge in [-0.05, 0) is 12.8 Å². The molecular weight excluding hydrogens is 198 g/mol. The Labute approximate surface area is 89.9 Å². The molecule has 0 aliphatic rings. The van der Waals surface area contributed by atoms with E-state index in [2.05, 4.69) is 29.1 Å². The van der Waals surface area contributed by atoms with Gasteiger partial charge in [0, 0.05) is 18.9 Å². The minimum Gasteiger partial charge on any atom is -0.367 e. The SMILES string of the molecule is Cc1nccnc1NCC(Cl)C(C)C. The van der Waals surface area contributed by atoms with E-state index in [1.807, 2.05) is 6.92 Å². The van der Waals surface area contributed by atoms with Crippen LogP contribution in [0.5, 0.6) is 0 Å². The van der Waals surface area contributed by atoms with Crippen molar-refractivity contribution in [2.24, 2.45) is 5.92 Å². The highest BCUT2D eigenvalue weighted by Crippen LogP contribution is 2.12. The maximum absolute atomic E-state index is 6.11. The smallest absolute Gasteiger partial charge is 0.147 e. The number of hydrogen-bond acceptors (Lipinski definition) is 3. The van der Waals surface area contributed by atoms with Gasteiger partial charge in [-0.2, -0.15) is 0 Å². The van der Waals surface area contributed by atoms with E-state index in [0.717, 1.165) is 18.1 Å². The molecule has 1 heterocycles. The van der Waals surface area contributed by atoms with Crippen LogP contribution >= 0.6 is 11.6 Å². The fourth-order valence-electron chi connectivity index (χ4n) is 1.01. The van der Waals surface area contributed by atoms with E-state index in [0.29, 0.717) is 5.92 Å². The van der Waals surface area contributed by atoms with Gasteiger partial charge in [-0.3, -0.25) is 4.98 Å². The molecule has 0 saturated heterocycles. The monoisotopic (exact) mass is 213 g/mol. The van der Waals surface area contributed by atoms with Gasteiger partial charge >= 0.3 is 0 Å². The minimum atomic E-state index is 0.122. The van der Waals surface area contributed by atoms with Crippen LogP contribution in [-0.2, 0) is 0 Å². The number of aryl methyl sites for hydroxylation is 1. The van der Waals surface area contributed by atoms with Crippen molar-refractivity contribution in [1.29, 1.82) is 0 Å². The van der Waals surface area contributed by atoms with E-state index < -0.39 is 0 Å². The molecule has 0 amide bonds. The molecule has 0 radical (unpaired) electrons. The molecule has 0 saturated carbocycles.